The van der Waals surface area contributed by atoms with Crippen LogP contribution in [0.15, 0.2) is 4.99 Å². The number of hydrogen-bond donors (Lipinski definition) is 3. The van der Waals surface area contributed by atoms with Crippen molar-refractivity contribution in [1.82, 2.24) is 10.6 Å². The Balaban J connectivity index is 0.00000529. The van der Waals surface area contributed by atoms with E-state index in [1.54, 1.807) is 0 Å². The van der Waals surface area contributed by atoms with Gasteiger partial charge in [0.05, 0.1) is 23.7 Å². The number of nitrogens with zero attached hydrogens (tertiary/aromatic N) is 1. The lowest BCUT2D eigenvalue weighted by atomic mass is 9.93. The van der Waals surface area contributed by atoms with Crippen LogP contribution in [0.1, 0.15) is 52.9 Å². The zero-order chi connectivity index (χ0) is 17.3. The molecular weight excluding hydrogens is 441 g/mol. The maximum Gasteiger partial charge on any atom is 0.191 e. The number of rotatable bonds is 9. The van der Waals surface area contributed by atoms with Crippen LogP contribution >= 0.6 is 24.0 Å². The summed E-state index contributed by atoms with van der Waals surface area (Å²) in [5.41, 5.74) is -0.747. The van der Waals surface area contributed by atoms with Gasteiger partial charge >= 0.3 is 0 Å². The fraction of sp³-hybridized carbons (Fsp3) is 0.938. The molecule has 24 heavy (non-hydrogen) atoms. The predicted octanol–water partition coefficient (Wildman–Crippen LogP) is 1.93. The van der Waals surface area contributed by atoms with Crippen molar-refractivity contribution in [3.05, 3.63) is 0 Å². The number of aliphatic hydroxyl groups is 1. The normalized spacial score (nSPS) is 20.5. The molecule has 0 amide bonds. The van der Waals surface area contributed by atoms with E-state index >= 15 is 0 Å². The van der Waals surface area contributed by atoms with Crippen LogP contribution in [0, 0.1) is 5.92 Å². The summed E-state index contributed by atoms with van der Waals surface area (Å²) in [5.74, 6) is 1.35. The highest BCUT2D eigenvalue weighted by Crippen LogP contribution is 2.20. The average Bonchev–Trinajstić information content (AvgIpc) is 2.82. The van der Waals surface area contributed by atoms with E-state index in [9.17, 15) is 13.5 Å². The highest BCUT2D eigenvalue weighted by Gasteiger charge is 2.28. The SMILES string of the molecule is CCCC(O)(CCC)CN=C(NCC)NCC1CCS(=O)(=O)C1.I. The largest absolute Gasteiger partial charge is 0.388 e. The zero-order valence-electron chi connectivity index (χ0n) is 15.2. The molecule has 0 aromatic rings. The predicted molar refractivity (Wildman–Crippen MR) is 111 cm³/mol. The molecule has 8 heteroatoms. The minimum atomic E-state index is -2.85. The highest BCUT2D eigenvalue weighted by atomic mass is 127. The number of nitrogens with one attached hydrogen (secondary N) is 2. The van der Waals surface area contributed by atoms with Crippen LogP contribution in [0.5, 0.6) is 0 Å². The number of hydrogen-bond acceptors (Lipinski definition) is 4. The quantitative estimate of drug-likeness (QED) is 0.269. The lowest BCUT2D eigenvalue weighted by Gasteiger charge is -2.26. The van der Waals surface area contributed by atoms with Crippen LogP contribution in [0.4, 0.5) is 0 Å². The second kappa shape index (κ2) is 11.5. The van der Waals surface area contributed by atoms with Crippen molar-refractivity contribution in [3.63, 3.8) is 0 Å². The first-order valence-electron chi connectivity index (χ1n) is 8.79. The standard InChI is InChI=1S/C16H33N3O3S.HI/c1-4-8-16(20,9-5-2)13-19-15(17-6-3)18-11-14-7-10-23(21,22)12-14;/h14,20H,4-13H2,1-3H3,(H2,17,18,19);1H. The van der Waals surface area contributed by atoms with E-state index in [4.69, 9.17) is 0 Å². The summed E-state index contributed by atoms with van der Waals surface area (Å²) >= 11 is 0. The Bertz CT molecular complexity index is 477. The number of guanidine groups is 1. The Morgan fingerprint density at radius 3 is 2.29 bits per heavy atom. The Kier molecular flexibility index (Phi) is 11.5. The van der Waals surface area contributed by atoms with Crippen molar-refractivity contribution in [3.8, 4) is 0 Å². The van der Waals surface area contributed by atoms with Crippen molar-refractivity contribution in [1.29, 1.82) is 0 Å². The summed E-state index contributed by atoms with van der Waals surface area (Å²) in [4.78, 5) is 4.52. The van der Waals surface area contributed by atoms with Gasteiger partial charge in [-0.05, 0) is 32.1 Å². The van der Waals surface area contributed by atoms with E-state index in [2.05, 4.69) is 29.5 Å². The lowest BCUT2D eigenvalue weighted by molar-refractivity contribution is 0.0306. The Morgan fingerprint density at radius 2 is 1.83 bits per heavy atom. The number of aliphatic imine (C=N–C) groups is 1. The Morgan fingerprint density at radius 1 is 1.21 bits per heavy atom. The fourth-order valence-corrected chi connectivity index (χ4v) is 4.92. The van der Waals surface area contributed by atoms with Crippen LogP contribution in [-0.4, -0.2) is 56.2 Å². The zero-order valence-corrected chi connectivity index (χ0v) is 18.3. The molecule has 1 aliphatic heterocycles. The summed E-state index contributed by atoms with van der Waals surface area (Å²) in [6.07, 6.45) is 4.05. The average molecular weight is 475 g/mol. The van der Waals surface area contributed by atoms with Crippen LogP contribution < -0.4 is 10.6 Å². The molecule has 1 fully saturated rings. The molecule has 0 spiro atoms. The monoisotopic (exact) mass is 475 g/mol. The lowest BCUT2D eigenvalue weighted by Crippen LogP contribution is -2.42. The fourth-order valence-electron chi connectivity index (χ4n) is 3.06. The molecule has 0 aromatic heterocycles. The minimum Gasteiger partial charge on any atom is -0.388 e. The van der Waals surface area contributed by atoms with Gasteiger partial charge in [-0.1, -0.05) is 26.7 Å². The van der Waals surface area contributed by atoms with Gasteiger partial charge in [0.15, 0.2) is 15.8 Å². The van der Waals surface area contributed by atoms with E-state index in [0.717, 1.165) is 32.2 Å². The summed E-state index contributed by atoms with van der Waals surface area (Å²) in [5, 5.41) is 17.0. The van der Waals surface area contributed by atoms with E-state index in [1.807, 2.05) is 6.92 Å². The molecule has 0 bridgehead atoms. The second-order valence-corrected chi connectivity index (χ2v) is 8.80. The first-order chi connectivity index (χ1) is 10.8. The Hall–Kier alpha value is -0.0900. The molecule has 1 heterocycles. The molecule has 1 aliphatic rings. The molecule has 1 atom stereocenters. The molecule has 0 saturated carbocycles. The van der Waals surface area contributed by atoms with E-state index in [0.29, 0.717) is 31.2 Å². The van der Waals surface area contributed by atoms with Crippen molar-refractivity contribution in [2.75, 3.05) is 31.1 Å². The molecule has 0 radical (unpaired) electrons. The van der Waals surface area contributed by atoms with Gasteiger partial charge in [0, 0.05) is 13.1 Å². The topological polar surface area (TPSA) is 90.8 Å². The van der Waals surface area contributed by atoms with Crippen molar-refractivity contribution >= 4 is 39.8 Å². The summed E-state index contributed by atoms with van der Waals surface area (Å²) in [6.45, 7) is 7.82. The molecule has 0 aliphatic carbocycles. The minimum absolute atomic E-state index is 0. The Labute approximate surface area is 164 Å². The third-order valence-corrected chi connectivity index (χ3v) is 6.03. The van der Waals surface area contributed by atoms with E-state index in [-0.39, 0.29) is 35.6 Å². The maximum atomic E-state index is 11.5. The molecule has 6 nitrogen and oxygen atoms in total. The van der Waals surface area contributed by atoms with Crippen LogP contribution in [0.2, 0.25) is 0 Å². The van der Waals surface area contributed by atoms with Crippen molar-refractivity contribution in [2.24, 2.45) is 10.9 Å². The number of halogens is 1. The first kappa shape index (κ1) is 23.9. The van der Waals surface area contributed by atoms with Gasteiger partial charge in [0.2, 0.25) is 0 Å². The second-order valence-electron chi connectivity index (χ2n) is 6.57. The van der Waals surface area contributed by atoms with Gasteiger partial charge in [0.1, 0.15) is 0 Å². The molecular formula is C16H34IN3O3S. The van der Waals surface area contributed by atoms with Gasteiger partial charge in [-0.15, -0.1) is 24.0 Å². The van der Waals surface area contributed by atoms with E-state index < -0.39 is 15.4 Å². The van der Waals surface area contributed by atoms with Gasteiger partial charge in [-0.3, -0.25) is 4.99 Å². The molecule has 1 unspecified atom stereocenters. The third-order valence-electron chi connectivity index (χ3n) is 4.19. The molecule has 0 aromatic carbocycles. The van der Waals surface area contributed by atoms with Crippen LogP contribution in [-0.2, 0) is 9.84 Å². The first-order valence-corrected chi connectivity index (χ1v) is 10.6. The summed E-state index contributed by atoms with van der Waals surface area (Å²) in [6, 6.07) is 0. The van der Waals surface area contributed by atoms with Crippen molar-refractivity contribution < 1.29 is 13.5 Å². The van der Waals surface area contributed by atoms with Gasteiger partial charge in [0.25, 0.3) is 0 Å². The third kappa shape index (κ3) is 8.84. The smallest absolute Gasteiger partial charge is 0.191 e. The van der Waals surface area contributed by atoms with E-state index in [1.165, 1.54) is 0 Å². The molecule has 1 rings (SSSR count). The van der Waals surface area contributed by atoms with Crippen molar-refractivity contribution in [2.45, 2.75) is 58.5 Å². The molecule has 1 saturated heterocycles. The van der Waals surface area contributed by atoms with Crippen LogP contribution in [0.25, 0.3) is 0 Å². The van der Waals surface area contributed by atoms with Gasteiger partial charge < -0.3 is 15.7 Å². The maximum absolute atomic E-state index is 11.5. The van der Waals surface area contributed by atoms with Gasteiger partial charge in [-0.25, -0.2) is 8.42 Å². The molecule has 3 N–H and O–H groups in total. The van der Waals surface area contributed by atoms with Gasteiger partial charge in [-0.2, -0.15) is 0 Å². The summed E-state index contributed by atoms with van der Waals surface area (Å²) < 4.78 is 23.0. The summed E-state index contributed by atoms with van der Waals surface area (Å²) in [7, 11) is -2.85. The number of sulfone groups is 1. The van der Waals surface area contributed by atoms with Crippen LogP contribution in [0.3, 0.4) is 0 Å². The molecule has 144 valence electrons. The highest BCUT2D eigenvalue weighted by molar-refractivity contribution is 14.0.